The van der Waals surface area contributed by atoms with Gasteiger partial charge in [0.25, 0.3) is 5.69 Å². The van der Waals surface area contributed by atoms with Gasteiger partial charge in [0.05, 0.1) is 16.6 Å². The van der Waals surface area contributed by atoms with Crippen LogP contribution >= 0.6 is 11.3 Å². The average Bonchev–Trinajstić information content (AvgIpc) is 2.78. The number of nitro groups is 1. The first-order valence-corrected chi connectivity index (χ1v) is 5.62. The zero-order valence-corrected chi connectivity index (χ0v) is 9.64. The first kappa shape index (κ1) is 12.0. The Morgan fingerprint density at radius 3 is 2.83 bits per heavy atom. The molecule has 0 saturated carbocycles. The van der Waals surface area contributed by atoms with Gasteiger partial charge in [-0.2, -0.15) is 0 Å². The lowest BCUT2D eigenvalue weighted by Gasteiger charge is -2.01. The SMILES string of the molecule is O=C([O-])c1csc(Nc2cccc([N+](=O)[O-])c2)n1. The van der Waals surface area contributed by atoms with Gasteiger partial charge in [-0.3, -0.25) is 10.1 Å². The highest BCUT2D eigenvalue weighted by molar-refractivity contribution is 7.14. The Morgan fingerprint density at radius 2 is 2.22 bits per heavy atom. The van der Waals surface area contributed by atoms with Gasteiger partial charge in [-0.15, -0.1) is 11.3 Å². The van der Waals surface area contributed by atoms with Crippen molar-refractivity contribution in [2.45, 2.75) is 0 Å². The molecule has 1 N–H and O–H groups in total. The van der Waals surface area contributed by atoms with E-state index in [0.29, 0.717) is 10.8 Å². The number of nitrogens with zero attached hydrogens (tertiary/aromatic N) is 2. The number of benzene rings is 1. The Balaban J connectivity index is 2.20. The maximum absolute atomic E-state index is 10.6. The van der Waals surface area contributed by atoms with Gasteiger partial charge >= 0.3 is 0 Å². The number of aromatic carboxylic acids is 1. The molecular formula is C10H6N3O4S-. The summed E-state index contributed by atoms with van der Waals surface area (Å²) in [6.07, 6.45) is 0. The number of thiazole rings is 1. The van der Waals surface area contributed by atoms with Crippen LogP contribution < -0.4 is 10.4 Å². The summed E-state index contributed by atoms with van der Waals surface area (Å²) in [7, 11) is 0. The summed E-state index contributed by atoms with van der Waals surface area (Å²) < 4.78 is 0. The molecule has 0 unspecified atom stereocenters. The molecule has 92 valence electrons. The van der Waals surface area contributed by atoms with E-state index in [9.17, 15) is 20.0 Å². The van der Waals surface area contributed by atoms with E-state index < -0.39 is 10.9 Å². The molecule has 18 heavy (non-hydrogen) atoms. The van der Waals surface area contributed by atoms with Crippen molar-refractivity contribution in [3.8, 4) is 0 Å². The highest BCUT2D eigenvalue weighted by Gasteiger charge is 2.07. The third-order valence-corrected chi connectivity index (χ3v) is 2.78. The standard InChI is InChI=1S/C10H7N3O4S/c14-9(15)8-5-18-10(12-8)11-6-2-1-3-7(4-6)13(16)17/h1-5H,(H,11,12)(H,14,15)/p-1. The Labute approximate surface area is 105 Å². The summed E-state index contributed by atoms with van der Waals surface area (Å²) in [5, 5.41) is 25.5. The second-order valence-electron chi connectivity index (χ2n) is 3.26. The summed E-state index contributed by atoms with van der Waals surface area (Å²) in [6, 6.07) is 5.83. The molecule has 0 spiro atoms. The van der Waals surface area contributed by atoms with E-state index in [1.165, 1.54) is 23.6 Å². The van der Waals surface area contributed by atoms with Gasteiger partial charge < -0.3 is 15.2 Å². The van der Waals surface area contributed by atoms with Crippen LogP contribution in [0, 0.1) is 10.1 Å². The van der Waals surface area contributed by atoms with Crippen LogP contribution in [0.25, 0.3) is 0 Å². The summed E-state index contributed by atoms with van der Waals surface area (Å²) in [6.45, 7) is 0. The van der Waals surface area contributed by atoms with Crippen LogP contribution in [0.15, 0.2) is 29.6 Å². The van der Waals surface area contributed by atoms with Crippen molar-refractivity contribution >= 4 is 33.8 Å². The first-order chi connectivity index (χ1) is 8.56. The second-order valence-corrected chi connectivity index (χ2v) is 4.12. The Bertz CT molecular complexity index is 611. The highest BCUT2D eigenvalue weighted by Crippen LogP contribution is 2.23. The molecule has 0 saturated heterocycles. The van der Waals surface area contributed by atoms with Crippen molar-refractivity contribution in [1.82, 2.24) is 4.98 Å². The maximum Gasteiger partial charge on any atom is 0.271 e. The van der Waals surface area contributed by atoms with Crippen LogP contribution in [0.1, 0.15) is 10.5 Å². The molecule has 0 aliphatic heterocycles. The largest absolute Gasteiger partial charge is 0.543 e. The highest BCUT2D eigenvalue weighted by atomic mass is 32.1. The Morgan fingerprint density at radius 1 is 1.44 bits per heavy atom. The van der Waals surface area contributed by atoms with Gasteiger partial charge in [-0.05, 0) is 6.07 Å². The van der Waals surface area contributed by atoms with Crippen molar-refractivity contribution in [2.75, 3.05) is 5.32 Å². The van der Waals surface area contributed by atoms with Crippen molar-refractivity contribution < 1.29 is 14.8 Å². The fourth-order valence-electron chi connectivity index (χ4n) is 1.25. The average molecular weight is 264 g/mol. The maximum atomic E-state index is 10.6. The van der Waals surface area contributed by atoms with E-state index >= 15 is 0 Å². The summed E-state index contributed by atoms with van der Waals surface area (Å²) in [4.78, 5) is 24.3. The lowest BCUT2D eigenvalue weighted by Crippen LogP contribution is -2.22. The molecule has 1 aromatic heterocycles. The number of carboxylic acids is 1. The van der Waals surface area contributed by atoms with Crippen molar-refractivity contribution in [1.29, 1.82) is 0 Å². The number of nitro benzene ring substituents is 1. The normalized spacial score (nSPS) is 10.0. The zero-order valence-electron chi connectivity index (χ0n) is 8.82. The number of hydrogen-bond donors (Lipinski definition) is 1. The van der Waals surface area contributed by atoms with Crippen LogP contribution in [0.3, 0.4) is 0 Å². The van der Waals surface area contributed by atoms with E-state index in [2.05, 4.69) is 10.3 Å². The molecule has 0 amide bonds. The molecule has 0 radical (unpaired) electrons. The lowest BCUT2D eigenvalue weighted by atomic mass is 10.3. The number of carbonyl (C=O) groups excluding carboxylic acids is 1. The minimum Gasteiger partial charge on any atom is -0.543 e. The van der Waals surface area contributed by atoms with Gasteiger partial charge in [0.2, 0.25) is 0 Å². The molecule has 0 aliphatic carbocycles. The molecule has 0 bridgehead atoms. The van der Waals surface area contributed by atoms with Gasteiger partial charge in [0, 0.05) is 23.2 Å². The Hall–Kier alpha value is -2.48. The van der Waals surface area contributed by atoms with E-state index in [0.717, 1.165) is 11.3 Å². The summed E-state index contributed by atoms with van der Waals surface area (Å²) in [5.74, 6) is -1.36. The van der Waals surface area contributed by atoms with Crippen molar-refractivity contribution in [2.24, 2.45) is 0 Å². The fraction of sp³-hybridized carbons (Fsp3) is 0. The number of carboxylic acid groups (broad SMARTS) is 1. The number of aromatic nitrogens is 1. The molecule has 2 aromatic rings. The molecule has 0 atom stereocenters. The smallest absolute Gasteiger partial charge is 0.271 e. The fourth-order valence-corrected chi connectivity index (χ4v) is 1.95. The third-order valence-electron chi connectivity index (χ3n) is 2.02. The van der Waals surface area contributed by atoms with E-state index in [1.807, 2.05) is 0 Å². The summed E-state index contributed by atoms with van der Waals surface area (Å²) >= 11 is 1.07. The zero-order chi connectivity index (χ0) is 13.1. The van der Waals surface area contributed by atoms with Crippen molar-refractivity contribution in [3.05, 3.63) is 45.5 Å². The monoisotopic (exact) mass is 264 g/mol. The molecule has 8 heteroatoms. The number of rotatable bonds is 4. The summed E-state index contributed by atoms with van der Waals surface area (Å²) in [5.41, 5.74) is 0.230. The van der Waals surface area contributed by atoms with Crippen LogP contribution in [0.4, 0.5) is 16.5 Å². The first-order valence-electron chi connectivity index (χ1n) is 4.74. The molecule has 2 rings (SSSR count). The van der Waals surface area contributed by atoms with Crippen LogP contribution in [0.5, 0.6) is 0 Å². The van der Waals surface area contributed by atoms with E-state index in [-0.39, 0.29) is 11.4 Å². The molecule has 1 heterocycles. The van der Waals surface area contributed by atoms with Crippen LogP contribution in [-0.2, 0) is 0 Å². The van der Waals surface area contributed by atoms with Gasteiger partial charge in [0.15, 0.2) is 5.13 Å². The number of nitrogens with one attached hydrogen (secondary N) is 1. The van der Waals surface area contributed by atoms with Gasteiger partial charge in [0.1, 0.15) is 0 Å². The topological polar surface area (TPSA) is 108 Å². The van der Waals surface area contributed by atoms with Crippen molar-refractivity contribution in [3.63, 3.8) is 0 Å². The predicted molar refractivity (Wildman–Crippen MR) is 62.8 cm³/mol. The van der Waals surface area contributed by atoms with Crippen LogP contribution in [0.2, 0.25) is 0 Å². The molecule has 1 aromatic carbocycles. The quantitative estimate of drug-likeness (QED) is 0.655. The van der Waals surface area contributed by atoms with Gasteiger partial charge in [-0.25, -0.2) is 4.98 Å². The second kappa shape index (κ2) is 4.80. The minimum atomic E-state index is -1.36. The third kappa shape index (κ3) is 2.61. The number of anilines is 2. The van der Waals surface area contributed by atoms with Gasteiger partial charge in [-0.1, -0.05) is 6.07 Å². The minimum absolute atomic E-state index is 0.0586. The molecule has 7 nitrogen and oxygen atoms in total. The molecular weight excluding hydrogens is 258 g/mol. The number of carbonyl (C=O) groups is 1. The lowest BCUT2D eigenvalue weighted by molar-refractivity contribution is -0.384. The molecule has 0 aliphatic rings. The molecule has 0 fully saturated rings. The Kier molecular flexibility index (Phi) is 3.20. The van der Waals surface area contributed by atoms with E-state index in [1.54, 1.807) is 6.07 Å². The predicted octanol–water partition coefficient (Wildman–Crippen LogP) is 1.16. The van der Waals surface area contributed by atoms with E-state index in [4.69, 9.17) is 0 Å². The van der Waals surface area contributed by atoms with Crippen LogP contribution in [-0.4, -0.2) is 15.9 Å². The number of non-ortho nitro benzene ring substituents is 1. The number of hydrogen-bond acceptors (Lipinski definition) is 7.